The SMILES string of the molecule is Fc1nc(Cl)c(Cl)c(C(F)(F)F)c1Cl. The monoisotopic (exact) mass is 267 g/mol. The van der Waals surface area contributed by atoms with E-state index in [1.807, 2.05) is 0 Å². The molecule has 0 aliphatic rings. The molecule has 0 unspecified atom stereocenters. The molecule has 0 bridgehead atoms. The molecule has 1 aromatic rings. The molecule has 8 heteroatoms. The first-order valence-corrected chi connectivity index (χ1v) is 4.15. The molecule has 14 heavy (non-hydrogen) atoms. The summed E-state index contributed by atoms with van der Waals surface area (Å²) in [4.78, 5) is 2.88. The smallest absolute Gasteiger partial charge is 0.205 e. The second kappa shape index (κ2) is 3.72. The molecular weight excluding hydrogens is 268 g/mol. The maximum atomic E-state index is 12.7. The van der Waals surface area contributed by atoms with Gasteiger partial charge in [0.1, 0.15) is 10.6 Å². The normalized spacial score (nSPS) is 11.9. The molecule has 1 aromatic heterocycles. The van der Waals surface area contributed by atoms with Crippen molar-refractivity contribution in [3.63, 3.8) is 0 Å². The first kappa shape index (κ1) is 11.8. The second-order valence-electron chi connectivity index (χ2n) is 2.19. The summed E-state index contributed by atoms with van der Waals surface area (Å²) in [6.07, 6.45) is -4.87. The van der Waals surface area contributed by atoms with Crippen LogP contribution >= 0.6 is 34.8 Å². The molecule has 0 atom stereocenters. The minimum atomic E-state index is -4.87. The number of hydrogen-bond acceptors (Lipinski definition) is 1. The Morgan fingerprint density at radius 2 is 1.50 bits per heavy atom. The Labute approximate surface area is 90.6 Å². The average Bonchev–Trinajstić information content (AvgIpc) is 1.98. The van der Waals surface area contributed by atoms with Crippen molar-refractivity contribution < 1.29 is 17.6 Å². The fourth-order valence-electron chi connectivity index (χ4n) is 0.736. The van der Waals surface area contributed by atoms with Gasteiger partial charge in [-0.15, -0.1) is 0 Å². The summed E-state index contributed by atoms with van der Waals surface area (Å²) in [5.41, 5.74) is -1.52. The molecule has 0 radical (unpaired) electrons. The van der Waals surface area contributed by atoms with Crippen molar-refractivity contribution in [3.05, 3.63) is 26.7 Å². The van der Waals surface area contributed by atoms with E-state index in [0.717, 1.165) is 0 Å². The summed E-state index contributed by atoms with van der Waals surface area (Å²) >= 11 is 15.4. The highest BCUT2D eigenvalue weighted by Crippen LogP contribution is 2.42. The Morgan fingerprint density at radius 3 is 1.93 bits per heavy atom. The lowest BCUT2D eigenvalue weighted by molar-refractivity contribution is -0.137. The number of halogens is 7. The van der Waals surface area contributed by atoms with Gasteiger partial charge in [0.05, 0.1) is 5.02 Å². The molecule has 1 rings (SSSR count). The van der Waals surface area contributed by atoms with Crippen molar-refractivity contribution in [2.24, 2.45) is 0 Å². The molecule has 1 nitrogen and oxygen atoms in total. The topological polar surface area (TPSA) is 12.9 Å². The number of alkyl halides is 3. The molecule has 0 saturated heterocycles. The third-order valence-electron chi connectivity index (χ3n) is 1.28. The van der Waals surface area contributed by atoms with Crippen LogP contribution in [0.1, 0.15) is 5.56 Å². The lowest BCUT2D eigenvalue weighted by atomic mass is 10.2. The summed E-state index contributed by atoms with van der Waals surface area (Å²) in [7, 11) is 0. The van der Waals surface area contributed by atoms with Gasteiger partial charge in [-0.05, 0) is 0 Å². The zero-order valence-electron chi connectivity index (χ0n) is 6.09. The van der Waals surface area contributed by atoms with Gasteiger partial charge in [-0.2, -0.15) is 17.6 Å². The highest BCUT2D eigenvalue weighted by Gasteiger charge is 2.38. The first-order valence-electron chi connectivity index (χ1n) is 3.02. The maximum Gasteiger partial charge on any atom is 0.419 e. The van der Waals surface area contributed by atoms with Crippen molar-refractivity contribution in [2.75, 3.05) is 0 Å². The van der Waals surface area contributed by atoms with Crippen LogP contribution in [0.3, 0.4) is 0 Å². The van der Waals surface area contributed by atoms with Gasteiger partial charge in [-0.3, -0.25) is 0 Å². The number of aromatic nitrogens is 1. The predicted octanol–water partition coefficient (Wildman–Crippen LogP) is 4.20. The number of nitrogens with zero attached hydrogens (tertiary/aromatic N) is 1. The summed E-state index contributed by atoms with van der Waals surface area (Å²) in [5.74, 6) is -1.51. The van der Waals surface area contributed by atoms with Gasteiger partial charge in [0.25, 0.3) is 0 Å². The highest BCUT2D eigenvalue weighted by atomic mass is 35.5. The Kier molecular flexibility index (Phi) is 3.13. The van der Waals surface area contributed by atoms with Crippen molar-refractivity contribution in [1.82, 2.24) is 4.98 Å². The van der Waals surface area contributed by atoms with E-state index >= 15 is 0 Å². The molecule has 1 heterocycles. The molecule has 0 amide bonds. The minimum Gasteiger partial charge on any atom is -0.205 e. The molecule has 0 aliphatic heterocycles. The Hall–Kier alpha value is -0.260. The predicted molar refractivity (Wildman–Crippen MR) is 44.2 cm³/mol. The van der Waals surface area contributed by atoms with Gasteiger partial charge in [0.2, 0.25) is 5.95 Å². The van der Waals surface area contributed by atoms with Gasteiger partial charge in [-0.25, -0.2) is 4.98 Å². The van der Waals surface area contributed by atoms with Gasteiger partial charge in [0, 0.05) is 0 Å². The molecule has 0 fully saturated rings. The van der Waals surface area contributed by atoms with E-state index in [4.69, 9.17) is 34.8 Å². The largest absolute Gasteiger partial charge is 0.419 e. The third kappa shape index (κ3) is 2.04. The van der Waals surface area contributed by atoms with E-state index in [0.29, 0.717) is 0 Å². The molecule has 0 spiro atoms. The quantitative estimate of drug-likeness (QED) is 0.507. The van der Waals surface area contributed by atoms with Gasteiger partial charge < -0.3 is 0 Å². The molecule has 0 N–H and O–H groups in total. The van der Waals surface area contributed by atoms with E-state index in [2.05, 4.69) is 4.98 Å². The number of hydrogen-bond donors (Lipinski definition) is 0. The molecule has 0 aromatic carbocycles. The van der Waals surface area contributed by atoms with Crippen LogP contribution in [-0.4, -0.2) is 4.98 Å². The first-order chi connectivity index (χ1) is 6.25. The van der Waals surface area contributed by atoms with Crippen LogP contribution in [0, 0.1) is 5.95 Å². The lowest BCUT2D eigenvalue weighted by Gasteiger charge is -2.11. The summed E-state index contributed by atoms with van der Waals surface area (Å²) in [6.45, 7) is 0. The van der Waals surface area contributed by atoms with E-state index in [1.54, 1.807) is 0 Å². The second-order valence-corrected chi connectivity index (χ2v) is 3.31. The van der Waals surface area contributed by atoms with Gasteiger partial charge in [-0.1, -0.05) is 34.8 Å². The van der Waals surface area contributed by atoms with Crippen LogP contribution in [0.15, 0.2) is 0 Å². The van der Waals surface area contributed by atoms with Crippen molar-refractivity contribution in [1.29, 1.82) is 0 Å². The molecular formula is C6Cl3F4N. The van der Waals surface area contributed by atoms with Gasteiger partial charge >= 0.3 is 6.18 Å². The van der Waals surface area contributed by atoms with Crippen LogP contribution in [0.25, 0.3) is 0 Å². The standard InChI is InChI=1S/C6Cl3F4N/c7-2-1(6(11,12)13)3(8)5(10)14-4(2)9. The van der Waals surface area contributed by atoms with Gasteiger partial charge in [0.15, 0.2) is 5.15 Å². The Balaban J connectivity index is 3.56. The summed E-state index contributed by atoms with van der Waals surface area (Å²) in [5, 5.41) is -2.88. The van der Waals surface area contributed by atoms with E-state index in [1.165, 1.54) is 0 Å². The van der Waals surface area contributed by atoms with Crippen molar-refractivity contribution in [2.45, 2.75) is 6.18 Å². The number of rotatable bonds is 0. The Morgan fingerprint density at radius 1 is 1.00 bits per heavy atom. The minimum absolute atomic E-state index is 0.777. The van der Waals surface area contributed by atoms with E-state index in [-0.39, 0.29) is 0 Å². The Bertz CT molecular complexity index is 350. The third-order valence-corrected chi connectivity index (χ3v) is 2.36. The van der Waals surface area contributed by atoms with Crippen molar-refractivity contribution >= 4 is 34.8 Å². The van der Waals surface area contributed by atoms with Crippen LogP contribution in [0.4, 0.5) is 17.6 Å². The highest BCUT2D eigenvalue weighted by molar-refractivity contribution is 6.43. The molecule has 0 aliphatic carbocycles. The number of pyridine rings is 1. The van der Waals surface area contributed by atoms with E-state index in [9.17, 15) is 17.6 Å². The fraction of sp³-hybridized carbons (Fsp3) is 0.167. The fourth-order valence-corrected chi connectivity index (χ4v) is 1.44. The van der Waals surface area contributed by atoms with Crippen LogP contribution in [0.5, 0.6) is 0 Å². The molecule has 0 saturated carbocycles. The average molecular weight is 268 g/mol. The van der Waals surface area contributed by atoms with Crippen molar-refractivity contribution in [3.8, 4) is 0 Å². The van der Waals surface area contributed by atoms with Crippen LogP contribution in [-0.2, 0) is 6.18 Å². The maximum absolute atomic E-state index is 12.7. The molecule has 78 valence electrons. The zero-order chi connectivity index (χ0) is 11.1. The van der Waals surface area contributed by atoms with Crippen LogP contribution in [0.2, 0.25) is 15.2 Å². The lowest BCUT2D eigenvalue weighted by Crippen LogP contribution is -2.09. The summed E-state index contributed by atoms with van der Waals surface area (Å²) in [6, 6.07) is 0. The van der Waals surface area contributed by atoms with E-state index < -0.39 is 32.9 Å². The zero-order valence-corrected chi connectivity index (χ0v) is 8.36. The summed E-state index contributed by atoms with van der Waals surface area (Å²) < 4.78 is 49.4. The van der Waals surface area contributed by atoms with Crippen LogP contribution < -0.4 is 0 Å².